The highest BCUT2D eigenvalue weighted by Crippen LogP contribution is 2.24. The molecule has 0 spiro atoms. The van der Waals surface area contributed by atoms with E-state index in [0.717, 1.165) is 27.2 Å². The van der Waals surface area contributed by atoms with E-state index >= 15 is 0 Å². The second kappa shape index (κ2) is 4.10. The molecule has 6 heteroatoms. The molecule has 2 aromatic rings. The molecule has 2 aromatic heterocycles. The third-order valence-corrected chi connectivity index (χ3v) is 3.82. The van der Waals surface area contributed by atoms with Gasteiger partial charge >= 0.3 is 0 Å². The third kappa shape index (κ3) is 1.93. The molecule has 0 radical (unpaired) electrons. The first-order valence-corrected chi connectivity index (χ1v) is 6.04. The van der Waals surface area contributed by atoms with Gasteiger partial charge in [0.2, 0.25) is 0 Å². The fourth-order valence-electron chi connectivity index (χ4n) is 1.67. The van der Waals surface area contributed by atoms with Crippen LogP contribution in [0.25, 0.3) is 5.82 Å². The summed E-state index contributed by atoms with van der Waals surface area (Å²) in [6.45, 7) is 7.64. The maximum absolute atomic E-state index is 5.85. The minimum atomic E-state index is 0.496. The second-order valence-corrected chi connectivity index (χ2v) is 4.79. The van der Waals surface area contributed by atoms with Gasteiger partial charge in [-0.05, 0) is 43.6 Å². The van der Waals surface area contributed by atoms with Crippen molar-refractivity contribution in [3.8, 4) is 5.82 Å². The van der Waals surface area contributed by atoms with E-state index in [2.05, 4.69) is 31.0 Å². The van der Waals surface area contributed by atoms with Gasteiger partial charge in [-0.2, -0.15) is 5.10 Å². The van der Waals surface area contributed by atoms with Gasteiger partial charge in [-0.25, -0.2) is 14.6 Å². The van der Waals surface area contributed by atoms with Crippen molar-refractivity contribution in [3.05, 3.63) is 27.2 Å². The molecule has 2 rings (SSSR count). The third-order valence-electron chi connectivity index (χ3n) is 2.67. The lowest BCUT2D eigenvalue weighted by Crippen LogP contribution is -2.09. The number of aromatic nitrogens is 4. The molecule has 0 saturated heterocycles. The quantitative estimate of drug-likeness (QED) is 0.876. The van der Waals surface area contributed by atoms with Crippen molar-refractivity contribution in [3.63, 3.8) is 0 Å². The Morgan fingerprint density at radius 1 is 1.12 bits per heavy atom. The number of nitrogen functional groups attached to an aromatic ring is 1. The predicted octanol–water partition coefficient (Wildman–Crippen LogP) is 2.24. The van der Waals surface area contributed by atoms with Crippen LogP contribution in [0.4, 0.5) is 5.82 Å². The molecular formula is C11H14BrN5. The van der Waals surface area contributed by atoms with Gasteiger partial charge in [-0.15, -0.1) is 0 Å². The Morgan fingerprint density at radius 3 is 2.29 bits per heavy atom. The largest absolute Gasteiger partial charge is 0.383 e. The van der Waals surface area contributed by atoms with E-state index in [0.29, 0.717) is 11.6 Å². The normalized spacial score (nSPS) is 10.9. The van der Waals surface area contributed by atoms with Crippen molar-refractivity contribution >= 4 is 21.7 Å². The first kappa shape index (κ1) is 12.0. The van der Waals surface area contributed by atoms with Gasteiger partial charge in [0.1, 0.15) is 11.6 Å². The van der Waals surface area contributed by atoms with Gasteiger partial charge < -0.3 is 5.73 Å². The zero-order valence-corrected chi connectivity index (χ0v) is 11.8. The zero-order chi connectivity index (χ0) is 12.7. The standard InChI is InChI=1S/C11H14BrN5/c1-5-10(13)14-8(4)15-11(5)17-7(3)9(12)6(2)16-17/h1-4H3,(H2,13,14,15). The lowest BCUT2D eigenvalue weighted by atomic mass is 10.3. The summed E-state index contributed by atoms with van der Waals surface area (Å²) in [7, 11) is 0. The van der Waals surface area contributed by atoms with E-state index in [1.807, 2.05) is 27.7 Å². The highest BCUT2D eigenvalue weighted by atomic mass is 79.9. The van der Waals surface area contributed by atoms with E-state index in [1.54, 1.807) is 4.68 Å². The number of hydrogen-bond donors (Lipinski definition) is 1. The second-order valence-electron chi connectivity index (χ2n) is 4.00. The van der Waals surface area contributed by atoms with Crippen molar-refractivity contribution in [2.75, 3.05) is 5.73 Å². The molecule has 0 aliphatic rings. The van der Waals surface area contributed by atoms with Crippen molar-refractivity contribution in [2.45, 2.75) is 27.7 Å². The van der Waals surface area contributed by atoms with Crippen LogP contribution in [0.5, 0.6) is 0 Å². The number of aryl methyl sites for hydroxylation is 2. The molecule has 0 fully saturated rings. The topological polar surface area (TPSA) is 69.6 Å². The predicted molar refractivity (Wildman–Crippen MR) is 70.2 cm³/mol. The van der Waals surface area contributed by atoms with E-state index in [9.17, 15) is 0 Å². The molecule has 5 nitrogen and oxygen atoms in total. The Kier molecular flexibility index (Phi) is 2.91. The van der Waals surface area contributed by atoms with Crippen LogP contribution in [0.2, 0.25) is 0 Å². The maximum Gasteiger partial charge on any atom is 0.162 e. The van der Waals surface area contributed by atoms with Crippen LogP contribution >= 0.6 is 15.9 Å². The average molecular weight is 296 g/mol. The van der Waals surface area contributed by atoms with Gasteiger partial charge in [-0.1, -0.05) is 0 Å². The number of halogens is 1. The molecule has 0 aliphatic heterocycles. The maximum atomic E-state index is 5.85. The number of anilines is 1. The molecule has 0 amide bonds. The van der Waals surface area contributed by atoms with Crippen molar-refractivity contribution in [1.29, 1.82) is 0 Å². The first-order chi connectivity index (χ1) is 7.91. The summed E-state index contributed by atoms with van der Waals surface area (Å²) >= 11 is 3.50. The summed E-state index contributed by atoms with van der Waals surface area (Å²) in [5.41, 5.74) is 8.62. The van der Waals surface area contributed by atoms with Crippen LogP contribution in [0.1, 0.15) is 22.8 Å². The van der Waals surface area contributed by atoms with E-state index in [1.165, 1.54) is 0 Å². The van der Waals surface area contributed by atoms with Crippen LogP contribution in [0.3, 0.4) is 0 Å². The first-order valence-electron chi connectivity index (χ1n) is 5.24. The molecule has 90 valence electrons. The van der Waals surface area contributed by atoms with Gasteiger partial charge in [0.15, 0.2) is 5.82 Å². The molecule has 0 bridgehead atoms. The van der Waals surface area contributed by atoms with E-state index in [-0.39, 0.29) is 0 Å². The highest BCUT2D eigenvalue weighted by Gasteiger charge is 2.15. The lowest BCUT2D eigenvalue weighted by molar-refractivity contribution is 0.786. The van der Waals surface area contributed by atoms with Gasteiger partial charge in [0, 0.05) is 5.56 Å². The number of hydrogen-bond acceptors (Lipinski definition) is 4. The van der Waals surface area contributed by atoms with Crippen molar-refractivity contribution in [1.82, 2.24) is 19.7 Å². The summed E-state index contributed by atoms with van der Waals surface area (Å²) in [5.74, 6) is 1.88. The molecule has 0 aliphatic carbocycles. The van der Waals surface area contributed by atoms with E-state index in [4.69, 9.17) is 5.73 Å². The molecule has 0 unspecified atom stereocenters. The zero-order valence-electron chi connectivity index (χ0n) is 10.2. The molecule has 0 aromatic carbocycles. The Morgan fingerprint density at radius 2 is 1.76 bits per heavy atom. The summed E-state index contributed by atoms with van der Waals surface area (Å²) in [6, 6.07) is 0. The Balaban J connectivity index is 2.72. The average Bonchev–Trinajstić information content (AvgIpc) is 2.51. The fourth-order valence-corrected chi connectivity index (χ4v) is 1.92. The lowest BCUT2D eigenvalue weighted by Gasteiger charge is -2.09. The van der Waals surface area contributed by atoms with Crippen LogP contribution in [0, 0.1) is 27.7 Å². The smallest absolute Gasteiger partial charge is 0.162 e. The van der Waals surface area contributed by atoms with Gasteiger partial charge in [0.05, 0.1) is 15.9 Å². The van der Waals surface area contributed by atoms with Crippen LogP contribution < -0.4 is 5.73 Å². The summed E-state index contributed by atoms with van der Waals surface area (Å²) in [4.78, 5) is 8.54. The van der Waals surface area contributed by atoms with Gasteiger partial charge in [-0.3, -0.25) is 0 Å². The Hall–Kier alpha value is -1.43. The fraction of sp³-hybridized carbons (Fsp3) is 0.364. The minimum absolute atomic E-state index is 0.496. The number of rotatable bonds is 1. The highest BCUT2D eigenvalue weighted by molar-refractivity contribution is 9.10. The van der Waals surface area contributed by atoms with Crippen molar-refractivity contribution in [2.24, 2.45) is 0 Å². The molecular weight excluding hydrogens is 282 g/mol. The summed E-state index contributed by atoms with van der Waals surface area (Å²) < 4.78 is 2.78. The monoisotopic (exact) mass is 295 g/mol. The Bertz CT molecular complexity index is 588. The number of nitrogens with zero attached hydrogens (tertiary/aromatic N) is 4. The molecule has 0 atom stereocenters. The van der Waals surface area contributed by atoms with Crippen LogP contribution in [-0.2, 0) is 0 Å². The van der Waals surface area contributed by atoms with E-state index < -0.39 is 0 Å². The van der Waals surface area contributed by atoms with Crippen LogP contribution in [-0.4, -0.2) is 19.7 Å². The molecule has 0 saturated carbocycles. The molecule has 2 heterocycles. The Labute approximate surface area is 108 Å². The summed E-state index contributed by atoms with van der Waals surface area (Å²) in [5, 5.41) is 4.45. The van der Waals surface area contributed by atoms with Crippen molar-refractivity contribution < 1.29 is 0 Å². The minimum Gasteiger partial charge on any atom is -0.383 e. The number of nitrogens with two attached hydrogens (primary N) is 1. The van der Waals surface area contributed by atoms with Crippen LogP contribution in [0.15, 0.2) is 4.47 Å². The summed E-state index contributed by atoms with van der Waals surface area (Å²) in [6.07, 6.45) is 0. The molecule has 17 heavy (non-hydrogen) atoms. The molecule has 2 N–H and O–H groups in total. The SMILES string of the molecule is Cc1nc(N)c(C)c(-n2nc(C)c(Br)c2C)n1. The van der Waals surface area contributed by atoms with Gasteiger partial charge in [0.25, 0.3) is 0 Å².